The molecule has 0 radical (unpaired) electrons. The smallest absolute Gasteiger partial charge is 0.0815 e. The van der Waals surface area contributed by atoms with Crippen LogP contribution in [0, 0.1) is 0 Å². The largest absolute Gasteiger partial charge is 0.0844 e. The lowest BCUT2D eigenvalue weighted by molar-refractivity contribution is 1.67. The highest BCUT2D eigenvalue weighted by atomic mass is 35.5. The van der Waals surface area contributed by atoms with Crippen LogP contribution >= 0.6 is 46.4 Å². The van der Waals surface area contributed by atoms with E-state index >= 15 is 0 Å². The summed E-state index contributed by atoms with van der Waals surface area (Å²) >= 11 is 24.0. The third-order valence-electron chi connectivity index (χ3n) is 1.86. The van der Waals surface area contributed by atoms with E-state index in [-0.39, 0.29) is 0 Å². The van der Waals surface area contributed by atoms with Gasteiger partial charge in [0.25, 0.3) is 0 Å². The second-order valence-corrected chi connectivity index (χ2v) is 10.7. The van der Waals surface area contributed by atoms with Crippen LogP contribution in [0.15, 0.2) is 6.07 Å². The monoisotopic (exact) mass is 286 g/mol. The summed E-state index contributed by atoms with van der Waals surface area (Å²) in [5.41, 5.74) is 0. The molecule has 1 aromatic carbocycles. The molecule has 0 nitrogen and oxygen atoms in total. The third kappa shape index (κ3) is 2.39. The fraction of sp³-hybridized carbons (Fsp3) is 0.333. The zero-order chi connectivity index (χ0) is 11.1. The zero-order valence-electron chi connectivity index (χ0n) is 8.09. The fourth-order valence-electron chi connectivity index (χ4n) is 1.25. The Morgan fingerprint density at radius 3 is 1.79 bits per heavy atom. The van der Waals surface area contributed by atoms with Crippen LogP contribution < -0.4 is 5.19 Å². The summed E-state index contributed by atoms with van der Waals surface area (Å²) < 4.78 is 0. The van der Waals surface area contributed by atoms with Crippen molar-refractivity contribution in [3.05, 3.63) is 26.2 Å². The van der Waals surface area contributed by atoms with E-state index in [2.05, 4.69) is 19.6 Å². The molecule has 0 amide bonds. The molecule has 0 spiro atoms. The SMILES string of the molecule is C[Si](C)(C)c1c(Cl)cc(Cl)c(Cl)c1Cl. The first-order valence-electron chi connectivity index (χ1n) is 4.08. The lowest BCUT2D eigenvalue weighted by atomic mass is 10.3. The Balaban J connectivity index is 3.53. The fourth-order valence-corrected chi connectivity index (χ4v) is 5.52. The highest BCUT2D eigenvalue weighted by molar-refractivity contribution is 6.92. The molecule has 0 saturated heterocycles. The number of benzene rings is 1. The molecular formula is C9H10Cl4Si. The summed E-state index contributed by atoms with van der Waals surface area (Å²) in [7, 11) is -1.58. The van der Waals surface area contributed by atoms with Crippen LogP contribution in [0.25, 0.3) is 0 Å². The number of rotatable bonds is 1. The van der Waals surface area contributed by atoms with E-state index < -0.39 is 8.07 Å². The number of hydrogen-bond acceptors (Lipinski definition) is 0. The molecule has 0 N–H and O–H groups in total. The Kier molecular flexibility index (Phi) is 3.82. The second-order valence-electron chi connectivity index (χ2n) is 4.09. The van der Waals surface area contributed by atoms with Crippen LogP contribution in [0.3, 0.4) is 0 Å². The van der Waals surface area contributed by atoms with Gasteiger partial charge in [-0.25, -0.2) is 0 Å². The van der Waals surface area contributed by atoms with Gasteiger partial charge in [-0.05, 0) is 11.3 Å². The maximum Gasteiger partial charge on any atom is 0.0815 e. The quantitative estimate of drug-likeness (QED) is 0.394. The molecule has 5 heteroatoms. The Labute approximate surface area is 105 Å². The third-order valence-corrected chi connectivity index (χ3v) is 5.76. The number of hydrogen-bond donors (Lipinski definition) is 0. The lowest BCUT2D eigenvalue weighted by Crippen LogP contribution is -2.39. The molecule has 0 fully saturated rings. The minimum absolute atomic E-state index is 0.398. The molecule has 0 aliphatic carbocycles. The summed E-state index contributed by atoms with van der Waals surface area (Å²) in [4.78, 5) is 0. The van der Waals surface area contributed by atoms with Gasteiger partial charge >= 0.3 is 0 Å². The zero-order valence-corrected chi connectivity index (χ0v) is 12.1. The van der Waals surface area contributed by atoms with E-state index in [1.807, 2.05) is 0 Å². The molecule has 0 aromatic heterocycles. The molecule has 0 saturated carbocycles. The maximum absolute atomic E-state index is 6.12. The van der Waals surface area contributed by atoms with Crippen molar-refractivity contribution in [2.45, 2.75) is 19.6 Å². The Morgan fingerprint density at radius 1 is 0.857 bits per heavy atom. The molecule has 14 heavy (non-hydrogen) atoms. The van der Waals surface area contributed by atoms with Gasteiger partial charge in [0.1, 0.15) is 0 Å². The van der Waals surface area contributed by atoms with Gasteiger partial charge in [0.15, 0.2) is 0 Å². The van der Waals surface area contributed by atoms with E-state index in [4.69, 9.17) is 46.4 Å². The summed E-state index contributed by atoms with van der Waals surface area (Å²) in [6.07, 6.45) is 0. The van der Waals surface area contributed by atoms with Crippen molar-refractivity contribution in [2.24, 2.45) is 0 Å². The summed E-state index contributed by atoms with van der Waals surface area (Å²) in [5.74, 6) is 0. The molecule has 0 aliphatic heterocycles. The van der Waals surface area contributed by atoms with E-state index in [9.17, 15) is 0 Å². The first-order chi connectivity index (χ1) is 6.25. The van der Waals surface area contributed by atoms with E-state index in [1.165, 1.54) is 0 Å². The molecule has 78 valence electrons. The second kappa shape index (κ2) is 4.23. The molecule has 0 heterocycles. The molecule has 1 aromatic rings. The summed E-state index contributed by atoms with van der Waals surface area (Å²) in [6.45, 7) is 6.47. The summed E-state index contributed by atoms with van der Waals surface area (Å²) in [6, 6.07) is 1.66. The number of halogens is 4. The minimum Gasteiger partial charge on any atom is -0.0844 e. The predicted molar refractivity (Wildman–Crippen MR) is 69.5 cm³/mol. The van der Waals surface area contributed by atoms with Gasteiger partial charge in [0, 0.05) is 5.02 Å². The highest BCUT2D eigenvalue weighted by Gasteiger charge is 2.25. The normalized spacial score (nSPS) is 11.9. The van der Waals surface area contributed by atoms with Gasteiger partial charge in [0.05, 0.1) is 23.1 Å². The van der Waals surface area contributed by atoms with Crippen LogP contribution in [-0.4, -0.2) is 8.07 Å². The van der Waals surface area contributed by atoms with Crippen molar-refractivity contribution >= 4 is 59.7 Å². The van der Waals surface area contributed by atoms with Crippen LogP contribution in [-0.2, 0) is 0 Å². The van der Waals surface area contributed by atoms with Crippen molar-refractivity contribution < 1.29 is 0 Å². The van der Waals surface area contributed by atoms with Gasteiger partial charge in [-0.3, -0.25) is 0 Å². The predicted octanol–water partition coefficient (Wildman–Crippen LogP) is 4.85. The maximum atomic E-state index is 6.12. The highest BCUT2D eigenvalue weighted by Crippen LogP contribution is 2.33. The van der Waals surface area contributed by atoms with E-state index in [0.717, 1.165) is 5.19 Å². The van der Waals surface area contributed by atoms with Gasteiger partial charge in [-0.15, -0.1) is 0 Å². The topological polar surface area (TPSA) is 0 Å². The molecule has 0 bridgehead atoms. The minimum atomic E-state index is -1.58. The van der Waals surface area contributed by atoms with Crippen LogP contribution in [0.4, 0.5) is 0 Å². The standard InChI is InChI=1S/C9H10Cl4Si/c1-14(2,3)9-6(11)4-5(10)7(12)8(9)13/h4H,1-3H3. The van der Waals surface area contributed by atoms with Crippen molar-refractivity contribution in [3.63, 3.8) is 0 Å². The first kappa shape index (κ1) is 12.7. The molecule has 1 rings (SSSR count). The van der Waals surface area contributed by atoms with E-state index in [0.29, 0.717) is 20.1 Å². The molecular weight excluding hydrogens is 278 g/mol. The Morgan fingerprint density at radius 2 is 1.36 bits per heavy atom. The summed E-state index contributed by atoms with van der Waals surface area (Å²) in [5, 5.41) is 2.89. The van der Waals surface area contributed by atoms with E-state index in [1.54, 1.807) is 6.07 Å². The van der Waals surface area contributed by atoms with Crippen LogP contribution in [0.1, 0.15) is 0 Å². The van der Waals surface area contributed by atoms with Gasteiger partial charge in [0.2, 0.25) is 0 Å². The molecule has 0 aliphatic rings. The van der Waals surface area contributed by atoms with Crippen LogP contribution in [0.2, 0.25) is 39.7 Å². The molecule has 0 atom stereocenters. The lowest BCUT2D eigenvalue weighted by Gasteiger charge is -2.21. The van der Waals surface area contributed by atoms with Crippen LogP contribution in [0.5, 0.6) is 0 Å². The Hall–Kier alpha value is 0.597. The Bertz CT molecular complexity index is 368. The van der Waals surface area contributed by atoms with Crippen molar-refractivity contribution in [3.8, 4) is 0 Å². The van der Waals surface area contributed by atoms with Gasteiger partial charge < -0.3 is 0 Å². The first-order valence-corrected chi connectivity index (χ1v) is 9.10. The van der Waals surface area contributed by atoms with Crippen molar-refractivity contribution in [1.29, 1.82) is 0 Å². The average Bonchev–Trinajstić information content (AvgIpc) is 1.97. The average molecular weight is 288 g/mol. The van der Waals surface area contributed by atoms with Gasteiger partial charge in [-0.1, -0.05) is 66.0 Å². The molecule has 0 unspecified atom stereocenters. The van der Waals surface area contributed by atoms with Crippen molar-refractivity contribution in [2.75, 3.05) is 0 Å². The van der Waals surface area contributed by atoms with Gasteiger partial charge in [-0.2, -0.15) is 0 Å². The van der Waals surface area contributed by atoms with Crippen molar-refractivity contribution in [1.82, 2.24) is 0 Å².